The summed E-state index contributed by atoms with van der Waals surface area (Å²) in [7, 11) is 1.70. The number of amides is 1. The number of aryl methyl sites for hydroxylation is 2. The summed E-state index contributed by atoms with van der Waals surface area (Å²) >= 11 is 0. The number of rotatable bonds is 8. The van der Waals surface area contributed by atoms with Crippen molar-refractivity contribution in [1.29, 1.82) is 0 Å². The van der Waals surface area contributed by atoms with Crippen LogP contribution in [0.5, 0.6) is 0 Å². The minimum absolute atomic E-state index is 0.0270. The highest BCUT2D eigenvalue weighted by Gasteiger charge is 2.48. The number of sulfonamides is 1. The van der Waals surface area contributed by atoms with E-state index in [9.17, 15) is 22.8 Å². The van der Waals surface area contributed by atoms with Gasteiger partial charge in [-0.1, -0.05) is 19.8 Å². The van der Waals surface area contributed by atoms with E-state index in [4.69, 9.17) is 4.99 Å². The van der Waals surface area contributed by atoms with Gasteiger partial charge in [-0.3, -0.25) is 19.4 Å². The molecule has 1 amide bonds. The average Bonchev–Trinajstić information content (AvgIpc) is 3.25. The summed E-state index contributed by atoms with van der Waals surface area (Å²) in [5, 5.41) is 3.05. The summed E-state index contributed by atoms with van der Waals surface area (Å²) in [6.07, 6.45) is 5.53. The monoisotopic (exact) mass is 597 g/mol. The lowest BCUT2D eigenvalue weighted by Gasteiger charge is -2.35. The maximum atomic E-state index is 13.4. The summed E-state index contributed by atoms with van der Waals surface area (Å²) in [5.41, 5.74) is 2.50. The Balaban J connectivity index is 1.23. The molecule has 2 heterocycles. The highest BCUT2D eigenvalue weighted by molar-refractivity contribution is 7.89. The second-order valence-electron chi connectivity index (χ2n) is 12.8. The van der Waals surface area contributed by atoms with Gasteiger partial charge in [-0.25, -0.2) is 12.7 Å². The van der Waals surface area contributed by atoms with Gasteiger partial charge in [-0.15, -0.1) is 0 Å². The van der Waals surface area contributed by atoms with Gasteiger partial charge >= 0.3 is 0 Å². The smallest absolute Gasteiger partial charge is 0.253 e. The molecule has 3 aliphatic rings. The Morgan fingerprint density at radius 3 is 2.10 bits per heavy atom. The third kappa shape index (κ3) is 5.41. The number of aliphatic imine (C=N–C) groups is 1. The van der Waals surface area contributed by atoms with Crippen LogP contribution in [-0.4, -0.2) is 70.0 Å². The van der Waals surface area contributed by atoms with Crippen LogP contribution < -0.4 is 26.0 Å². The van der Waals surface area contributed by atoms with Crippen molar-refractivity contribution in [2.45, 2.75) is 71.3 Å². The molecule has 11 heteroatoms. The van der Waals surface area contributed by atoms with Gasteiger partial charge in [-0.05, 0) is 80.7 Å². The zero-order chi connectivity index (χ0) is 30.6. The van der Waals surface area contributed by atoms with E-state index in [-0.39, 0.29) is 24.7 Å². The Bertz CT molecular complexity index is 1560. The third-order valence-electron chi connectivity index (χ3n) is 9.67. The van der Waals surface area contributed by atoms with Gasteiger partial charge in [0.2, 0.25) is 10.0 Å². The molecule has 42 heavy (non-hydrogen) atoms. The largest absolute Gasteiger partial charge is 0.373 e. The molecule has 2 aromatic carbocycles. The zero-order valence-corrected chi connectivity index (χ0v) is 26.4. The molecule has 2 aliphatic heterocycles. The lowest BCUT2D eigenvalue weighted by atomic mass is 9.82. The molecule has 5 rings (SSSR count). The Morgan fingerprint density at radius 1 is 0.952 bits per heavy atom. The van der Waals surface area contributed by atoms with E-state index in [0.717, 1.165) is 53.9 Å². The van der Waals surface area contributed by atoms with E-state index in [1.807, 2.05) is 26.0 Å². The van der Waals surface area contributed by atoms with Crippen molar-refractivity contribution in [1.82, 2.24) is 9.62 Å². The summed E-state index contributed by atoms with van der Waals surface area (Å²) in [6.45, 7) is 6.71. The number of anilines is 3. The van der Waals surface area contributed by atoms with Gasteiger partial charge in [-0.2, -0.15) is 0 Å². The first-order chi connectivity index (χ1) is 19.7. The molecule has 1 saturated carbocycles. The fraction of sp³-hybridized carbons (Fsp3) is 0.613. The maximum absolute atomic E-state index is 13.4. The second kappa shape index (κ2) is 11.2. The number of nitrogens with one attached hydrogen (secondary N) is 1. The SMILES string of the molecule is Cc1cc(N(C)c2c(N(C)C)c(=O)c2=O)cc(C)c1CCS(=O)(=O)N1CCC2(CC1)N=C([C@H]1CC[C@H](C)CC1)NC2=O. The summed E-state index contributed by atoms with van der Waals surface area (Å²) < 4.78 is 28.3. The first-order valence-electron chi connectivity index (χ1n) is 15.0. The number of piperidine rings is 1. The Hall–Kier alpha value is -3.05. The van der Waals surface area contributed by atoms with Crippen molar-refractivity contribution in [3.05, 3.63) is 49.3 Å². The van der Waals surface area contributed by atoms with Gasteiger partial charge in [0.15, 0.2) is 0 Å². The van der Waals surface area contributed by atoms with Crippen LogP contribution in [0, 0.1) is 25.7 Å². The molecule has 1 saturated heterocycles. The summed E-state index contributed by atoms with van der Waals surface area (Å²) in [6, 6.07) is 3.86. The van der Waals surface area contributed by atoms with Crippen molar-refractivity contribution in [3.63, 3.8) is 0 Å². The van der Waals surface area contributed by atoms with Crippen molar-refractivity contribution in [2.75, 3.05) is 49.8 Å². The van der Waals surface area contributed by atoms with Crippen molar-refractivity contribution >= 4 is 38.8 Å². The van der Waals surface area contributed by atoms with Gasteiger partial charge in [0.1, 0.15) is 22.7 Å². The van der Waals surface area contributed by atoms with E-state index in [1.54, 1.807) is 30.9 Å². The fourth-order valence-corrected chi connectivity index (χ4v) is 8.34. The number of nitrogens with zero attached hydrogens (tertiary/aromatic N) is 4. The molecule has 0 radical (unpaired) electrons. The molecule has 2 fully saturated rings. The van der Waals surface area contributed by atoms with Crippen LogP contribution in [0.4, 0.5) is 17.1 Å². The van der Waals surface area contributed by atoms with Crippen LogP contribution >= 0.6 is 0 Å². The minimum Gasteiger partial charge on any atom is -0.373 e. The zero-order valence-electron chi connectivity index (χ0n) is 25.6. The van der Waals surface area contributed by atoms with Gasteiger partial charge in [0, 0.05) is 45.8 Å². The standard InChI is InChI=1S/C31H43N5O5S/c1-19-7-9-22(10-8-19)29-32-30(39)31(33-29)12-14-36(15-13-31)42(40,41)16-11-24-20(2)17-23(18-21(24)3)35(6)26-25(34(4)5)27(37)28(26)38/h17-19,22H,7-16H2,1-6H3,(H,32,33,39)/t19-,22-. The van der Waals surface area contributed by atoms with Crippen LogP contribution in [-0.2, 0) is 21.2 Å². The lowest BCUT2D eigenvalue weighted by Crippen LogP contribution is -2.51. The molecular weight excluding hydrogens is 554 g/mol. The van der Waals surface area contributed by atoms with Gasteiger partial charge in [0.25, 0.3) is 16.8 Å². The molecular formula is C31H43N5O5S. The van der Waals surface area contributed by atoms with Crippen molar-refractivity contribution in [3.8, 4) is 0 Å². The lowest BCUT2D eigenvalue weighted by molar-refractivity contribution is -0.125. The van der Waals surface area contributed by atoms with Crippen LogP contribution in [0.25, 0.3) is 0 Å². The van der Waals surface area contributed by atoms with Crippen LogP contribution in [0.2, 0.25) is 0 Å². The van der Waals surface area contributed by atoms with Gasteiger partial charge < -0.3 is 15.1 Å². The first kappa shape index (κ1) is 30.4. The Morgan fingerprint density at radius 2 is 1.52 bits per heavy atom. The highest BCUT2D eigenvalue weighted by atomic mass is 32.2. The van der Waals surface area contributed by atoms with Crippen LogP contribution in [0.3, 0.4) is 0 Å². The van der Waals surface area contributed by atoms with E-state index < -0.39 is 26.4 Å². The molecule has 1 aliphatic carbocycles. The van der Waals surface area contributed by atoms with E-state index in [1.165, 1.54) is 4.31 Å². The maximum Gasteiger partial charge on any atom is 0.253 e. The molecule has 0 atom stereocenters. The molecule has 0 unspecified atom stereocenters. The van der Waals surface area contributed by atoms with Crippen LogP contribution in [0.1, 0.15) is 62.1 Å². The second-order valence-corrected chi connectivity index (χ2v) is 14.9. The normalized spacial score (nSPS) is 22.8. The minimum atomic E-state index is -3.54. The van der Waals surface area contributed by atoms with E-state index in [2.05, 4.69) is 12.2 Å². The number of amidine groups is 1. The topological polar surface area (TPSA) is 119 Å². The molecule has 1 N–H and O–H groups in total. The number of hydrogen-bond acceptors (Lipinski definition) is 8. The van der Waals surface area contributed by atoms with Crippen molar-refractivity contribution in [2.24, 2.45) is 16.8 Å². The molecule has 1 spiro atoms. The first-order valence-corrected chi connectivity index (χ1v) is 16.6. The summed E-state index contributed by atoms with van der Waals surface area (Å²) in [5.74, 6) is 1.72. The predicted octanol–water partition coefficient (Wildman–Crippen LogP) is 2.79. The van der Waals surface area contributed by atoms with E-state index in [0.29, 0.717) is 42.5 Å². The molecule has 2 aromatic rings. The molecule has 228 valence electrons. The number of benzene rings is 1. The number of carbonyl (C=O) groups is 1. The predicted molar refractivity (Wildman–Crippen MR) is 167 cm³/mol. The molecule has 10 nitrogen and oxygen atoms in total. The van der Waals surface area contributed by atoms with E-state index >= 15 is 0 Å². The number of carbonyl (C=O) groups excluding carboxylic acids is 1. The van der Waals surface area contributed by atoms with Crippen LogP contribution in [0.15, 0.2) is 26.7 Å². The third-order valence-corrected chi connectivity index (χ3v) is 11.5. The molecule has 0 aromatic heterocycles. The number of hydrogen-bond donors (Lipinski definition) is 1. The Labute approximate surface area is 248 Å². The quantitative estimate of drug-likeness (QED) is 0.465. The van der Waals surface area contributed by atoms with Crippen molar-refractivity contribution < 1.29 is 13.2 Å². The van der Waals surface area contributed by atoms with Gasteiger partial charge in [0.05, 0.1) is 5.75 Å². The highest BCUT2D eigenvalue weighted by Crippen LogP contribution is 2.36. The fourth-order valence-electron chi connectivity index (χ4n) is 6.88. The molecule has 0 bridgehead atoms. The Kier molecular flexibility index (Phi) is 8.12. The average molecular weight is 598 g/mol. The summed E-state index contributed by atoms with van der Waals surface area (Å²) in [4.78, 5) is 45.6.